The van der Waals surface area contributed by atoms with Crippen molar-refractivity contribution in [3.05, 3.63) is 70.2 Å². The van der Waals surface area contributed by atoms with E-state index in [4.69, 9.17) is 10.5 Å². The molecule has 0 spiro atoms. The molecule has 1 amide bonds. The summed E-state index contributed by atoms with van der Waals surface area (Å²) >= 11 is 1.50. The fraction of sp³-hybridized carbons (Fsp3) is 0.250. The molecule has 7 heteroatoms. The van der Waals surface area contributed by atoms with Gasteiger partial charge < -0.3 is 10.5 Å². The third kappa shape index (κ3) is 4.15. The standard InChI is InChI=1S/C20H20N4O2S/c21-19(25)18-8-7-17(27-18)16-6-2-11-24(16)13-14-4-1-5-15(12-14)26-20-22-9-3-10-23-20/h1,3-5,7-10,12,16H,2,6,11,13H2,(H2,21,25). The average Bonchev–Trinajstić information content (AvgIpc) is 3.32. The van der Waals surface area contributed by atoms with Crippen LogP contribution in [-0.2, 0) is 6.54 Å². The predicted molar refractivity (Wildman–Crippen MR) is 104 cm³/mol. The molecule has 0 saturated carbocycles. The number of carbonyl (C=O) groups is 1. The number of hydrogen-bond donors (Lipinski definition) is 1. The molecule has 1 aromatic carbocycles. The first-order chi connectivity index (χ1) is 13.2. The summed E-state index contributed by atoms with van der Waals surface area (Å²) in [5.41, 5.74) is 6.57. The van der Waals surface area contributed by atoms with Gasteiger partial charge in [0.05, 0.1) is 4.88 Å². The molecule has 1 saturated heterocycles. The van der Waals surface area contributed by atoms with Crippen LogP contribution in [0.3, 0.4) is 0 Å². The van der Waals surface area contributed by atoms with Gasteiger partial charge in [-0.05, 0) is 55.3 Å². The van der Waals surface area contributed by atoms with Gasteiger partial charge in [-0.25, -0.2) is 9.97 Å². The molecule has 27 heavy (non-hydrogen) atoms. The van der Waals surface area contributed by atoms with Crippen LogP contribution in [0.25, 0.3) is 0 Å². The zero-order valence-electron chi connectivity index (χ0n) is 14.7. The van der Waals surface area contributed by atoms with Crippen molar-refractivity contribution in [1.82, 2.24) is 14.9 Å². The Morgan fingerprint density at radius 3 is 2.85 bits per heavy atom. The van der Waals surface area contributed by atoms with Gasteiger partial charge in [0.15, 0.2) is 0 Å². The third-order valence-corrected chi connectivity index (χ3v) is 5.80. The summed E-state index contributed by atoms with van der Waals surface area (Å²) in [6.45, 7) is 1.85. The van der Waals surface area contributed by atoms with Gasteiger partial charge in [0.25, 0.3) is 5.91 Å². The number of ether oxygens (including phenoxy) is 1. The molecule has 0 radical (unpaired) electrons. The first-order valence-electron chi connectivity index (χ1n) is 8.86. The Labute approximate surface area is 161 Å². The molecule has 1 atom stereocenters. The summed E-state index contributed by atoms with van der Waals surface area (Å²) < 4.78 is 5.73. The lowest BCUT2D eigenvalue weighted by Gasteiger charge is -2.23. The lowest BCUT2D eigenvalue weighted by atomic mass is 10.1. The van der Waals surface area contributed by atoms with Crippen molar-refractivity contribution < 1.29 is 9.53 Å². The van der Waals surface area contributed by atoms with Crippen molar-refractivity contribution in [2.24, 2.45) is 5.73 Å². The molecule has 0 aliphatic carbocycles. The van der Waals surface area contributed by atoms with Gasteiger partial charge in [-0.15, -0.1) is 11.3 Å². The Kier molecular flexibility index (Phi) is 5.13. The summed E-state index contributed by atoms with van der Waals surface area (Å²) in [5.74, 6) is 0.366. The maximum atomic E-state index is 11.4. The number of amides is 1. The molecule has 2 aromatic heterocycles. The normalized spacial score (nSPS) is 17.1. The highest BCUT2D eigenvalue weighted by atomic mass is 32.1. The minimum Gasteiger partial charge on any atom is -0.424 e. The first kappa shape index (κ1) is 17.6. The van der Waals surface area contributed by atoms with Gasteiger partial charge in [-0.1, -0.05) is 12.1 Å². The molecule has 2 N–H and O–H groups in total. The van der Waals surface area contributed by atoms with E-state index in [0.29, 0.717) is 16.9 Å². The van der Waals surface area contributed by atoms with Crippen LogP contribution in [0.15, 0.2) is 54.9 Å². The monoisotopic (exact) mass is 380 g/mol. The van der Waals surface area contributed by atoms with E-state index in [1.165, 1.54) is 21.8 Å². The van der Waals surface area contributed by atoms with Gasteiger partial charge in [0, 0.05) is 29.9 Å². The highest BCUT2D eigenvalue weighted by molar-refractivity contribution is 7.14. The van der Waals surface area contributed by atoms with E-state index in [1.807, 2.05) is 30.3 Å². The van der Waals surface area contributed by atoms with Crippen LogP contribution in [-0.4, -0.2) is 27.3 Å². The van der Waals surface area contributed by atoms with Crippen LogP contribution in [0, 0.1) is 0 Å². The molecule has 0 bridgehead atoms. The second kappa shape index (κ2) is 7.85. The number of rotatable bonds is 6. The molecule has 138 valence electrons. The van der Waals surface area contributed by atoms with Gasteiger partial charge in [-0.2, -0.15) is 0 Å². The molecule has 1 aliphatic rings. The summed E-state index contributed by atoms with van der Waals surface area (Å²) in [6, 6.07) is 14.3. The van der Waals surface area contributed by atoms with E-state index in [9.17, 15) is 4.79 Å². The number of nitrogens with two attached hydrogens (primary N) is 1. The van der Waals surface area contributed by atoms with Crippen molar-refractivity contribution in [1.29, 1.82) is 0 Å². The van der Waals surface area contributed by atoms with Crippen LogP contribution < -0.4 is 10.5 Å². The zero-order valence-corrected chi connectivity index (χ0v) is 15.6. The molecule has 1 unspecified atom stereocenters. The molecule has 3 aromatic rings. The average molecular weight is 380 g/mol. The molecule has 1 fully saturated rings. The van der Waals surface area contributed by atoms with Crippen molar-refractivity contribution in [3.8, 4) is 11.8 Å². The van der Waals surface area contributed by atoms with Gasteiger partial charge in [0.2, 0.25) is 0 Å². The summed E-state index contributed by atoms with van der Waals surface area (Å²) in [5, 5.41) is 0. The zero-order chi connectivity index (χ0) is 18.6. The third-order valence-electron chi connectivity index (χ3n) is 4.60. The quantitative estimate of drug-likeness (QED) is 0.704. The molecule has 3 heterocycles. The Morgan fingerprint density at radius 1 is 1.22 bits per heavy atom. The van der Waals surface area contributed by atoms with Crippen molar-refractivity contribution >= 4 is 17.2 Å². The minimum atomic E-state index is -0.358. The predicted octanol–water partition coefficient (Wildman–Crippen LogP) is 3.77. The van der Waals surface area contributed by atoms with E-state index in [1.54, 1.807) is 18.5 Å². The maximum Gasteiger partial charge on any atom is 0.321 e. The van der Waals surface area contributed by atoms with Crippen LogP contribution >= 0.6 is 11.3 Å². The summed E-state index contributed by atoms with van der Waals surface area (Å²) in [6.07, 6.45) is 5.54. The lowest BCUT2D eigenvalue weighted by Crippen LogP contribution is -2.22. The Balaban J connectivity index is 1.47. The van der Waals surface area contributed by atoms with E-state index < -0.39 is 0 Å². The first-order valence-corrected chi connectivity index (χ1v) is 9.68. The molecular formula is C20H20N4O2S. The van der Waals surface area contributed by atoms with E-state index >= 15 is 0 Å². The number of hydrogen-bond acceptors (Lipinski definition) is 6. The topological polar surface area (TPSA) is 81.3 Å². The number of benzene rings is 1. The maximum absolute atomic E-state index is 11.4. The lowest BCUT2D eigenvalue weighted by molar-refractivity contribution is 0.100. The van der Waals surface area contributed by atoms with Crippen LogP contribution in [0.1, 0.15) is 39.0 Å². The van der Waals surface area contributed by atoms with Crippen LogP contribution in [0.5, 0.6) is 11.8 Å². The van der Waals surface area contributed by atoms with Crippen molar-refractivity contribution in [2.75, 3.05) is 6.54 Å². The number of nitrogens with zero attached hydrogens (tertiary/aromatic N) is 3. The van der Waals surface area contributed by atoms with E-state index in [-0.39, 0.29) is 5.91 Å². The number of carbonyl (C=O) groups excluding carboxylic acids is 1. The Morgan fingerprint density at radius 2 is 2.07 bits per heavy atom. The molecule has 1 aliphatic heterocycles. The molecule has 6 nitrogen and oxygen atoms in total. The Bertz CT molecular complexity index is 928. The Hall–Kier alpha value is -2.77. The minimum absolute atomic E-state index is 0.324. The van der Waals surface area contributed by atoms with Crippen molar-refractivity contribution in [3.63, 3.8) is 0 Å². The van der Waals surface area contributed by atoms with Crippen LogP contribution in [0.4, 0.5) is 0 Å². The number of primary amides is 1. The molecular weight excluding hydrogens is 360 g/mol. The smallest absolute Gasteiger partial charge is 0.321 e. The fourth-order valence-electron chi connectivity index (χ4n) is 3.39. The second-order valence-corrected chi connectivity index (χ2v) is 7.59. The van der Waals surface area contributed by atoms with Gasteiger partial charge in [-0.3, -0.25) is 9.69 Å². The highest BCUT2D eigenvalue weighted by Gasteiger charge is 2.27. The number of likely N-dealkylation sites (tertiary alicyclic amines) is 1. The second-order valence-electron chi connectivity index (χ2n) is 6.48. The summed E-state index contributed by atoms with van der Waals surface area (Å²) in [4.78, 5) is 23.8. The highest BCUT2D eigenvalue weighted by Crippen LogP contribution is 2.37. The van der Waals surface area contributed by atoms with Crippen molar-refractivity contribution in [2.45, 2.75) is 25.4 Å². The summed E-state index contributed by atoms with van der Waals surface area (Å²) in [7, 11) is 0. The van der Waals surface area contributed by atoms with Gasteiger partial charge in [0.1, 0.15) is 5.75 Å². The van der Waals surface area contributed by atoms with Gasteiger partial charge >= 0.3 is 6.01 Å². The number of aromatic nitrogens is 2. The largest absolute Gasteiger partial charge is 0.424 e. The SMILES string of the molecule is NC(=O)c1ccc(C2CCCN2Cc2cccc(Oc3ncccn3)c2)s1. The van der Waals surface area contributed by atoms with E-state index in [0.717, 1.165) is 31.7 Å². The van der Waals surface area contributed by atoms with E-state index in [2.05, 4.69) is 20.9 Å². The fourth-order valence-corrected chi connectivity index (χ4v) is 4.42. The van der Waals surface area contributed by atoms with Crippen LogP contribution in [0.2, 0.25) is 0 Å². The molecule has 4 rings (SSSR count). The number of thiophene rings is 1.